The molecule has 7 nitrogen and oxygen atoms in total. The molecule has 0 unspecified atom stereocenters. The molecule has 0 bridgehead atoms. The van der Waals surface area contributed by atoms with E-state index in [0.29, 0.717) is 35.4 Å². The number of carbonyl (C=O) groups excluding carboxylic acids is 1. The van der Waals surface area contributed by atoms with Crippen LogP contribution in [0.15, 0.2) is 60.8 Å². The van der Waals surface area contributed by atoms with Crippen LogP contribution in [-0.2, 0) is 4.79 Å². The highest BCUT2D eigenvalue weighted by Gasteiger charge is 2.08. The minimum atomic E-state index is -0.253. The molecule has 2 aromatic carbocycles. The van der Waals surface area contributed by atoms with E-state index in [4.69, 9.17) is 16.3 Å². The predicted molar refractivity (Wildman–Crippen MR) is 107 cm³/mol. The molecule has 0 aliphatic carbocycles. The minimum absolute atomic E-state index is 0.253. The van der Waals surface area contributed by atoms with Crippen LogP contribution in [0.1, 0.15) is 5.82 Å². The van der Waals surface area contributed by atoms with Gasteiger partial charge in [-0.15, -0.1) is 10.2 Å². The largest absolute Gasteiger partial charge is 0.492 e. The molecule has 0 aliphatic rings. The van der Waals surface area contributed by atoms with E-state index in [9.17, 15) is 4.79 Å². The number of hydrogen-bond donors (Lipinski definition) is 1. The number of ether oxygens (including phenoxy) is 1. The SMILES string of the molecule is O=C(/C=C/c1nnc2c3ccccc3cnn12)NCCOc1ccc(Cl)cc1. The zero-order valence-electron chi connectivity index (χ0n) is 14.7. The second kappa shape index (κ2) is 8.06. The van der Waals surface area contributed by atoms with Crippen molar-refractivity contribution in [2.45, 2.75) is 0 Å². The van der Waals surface area contributed by atoms with E-state index in [0.717, 1.165) is 10.8 Å². The van der Waals surface area contributed by atoms with Crippen molar-refractivity contribution in [3.05, 3.63) is 71.7 Å². The Morgan fingerprint density at radius 1 is 1.14 bits per heavy atom. The van der Waals surface area contributed by atoms with Crippen molar-refractivity contribution in [3.63, 3.8) is 0 Å². The van der Waals surface area contributed by atoms with Crippen LogP contribution >= 0.6 is 11.6 Å². The lowest BCUT2D eigenvalue weighted by Crippen LogP contribution is -2.26. The van der Waals surface area contributed by atoms with Crippen LogP contribution in [0.2, 0.25) is 5.02 Å². The fraction of sp³-hybridized carbons (Fsp3) is 0.100. The van der Waals surface area contributed by atoms with E-state index in [1.165, 1.54) is 6.08 Å². The number of hydrogen-bond acceptors (Lipinski definition) is 5. The highest BCUT2D eigenvalue weighted by molar-refractivity contribution is 6.30. The summed E-state index contributed by atoms with van der Waals surface area (Å²) in [6.07, 6.45) is 4.73. The Morgan fingerprint density at radius 3 is 2.82 bits per heavy atom. The molecule has 0 atom stereocenters. The lowest BCUT2D eigenvalue weighted by molar-refractivity contribution is -0.116. The lowest BCUT2D eigenvalue weighted by atomic mass is 10.2. The Balaban J connectivity index is 1.35. The topological polar surface area (TPSA) is 81.4 Å². The maximum atomic E-state index is 12.0. The molecule has 2 heterocycles. The van der Waals surface area contributed by atoms with Gasteiger partial charge in [-0.25, -0.2) is 0 Å². The van der Waals surface area contributed by atoms with Gasteiger partial charge < -0.3 is 10.1 Å². The van der Waals surface area contributed by atoms with E-state index in [-0.39, 0.29) is 5.91 Å². The zero-order chi connectivity index (χ0) is 19.3. The molecule has 28 heavy (non-hydrogen) atoms. The average molecular weight is 394 g/mol. The van der Waals surface area contributed by atoms with E-state index in [1.807, 2.05) is 24.3 Å². The zero-order valence-corrected chi connectivity index (χ0v) is 15.5. The first-order valence-corrected chi connectivity index (χ1v) is 9.02. The summed E-state index contributed by atoms with van der Waals surface area (Å²) in [6, 6.07) is 14.9. The lowest BCUT2D eigenvalue weighted by Gasteiger charge is -2.06. The van der Waals surface area contributed by atoms with Crippen molar-refractivity contribution in [2.24, 2.45) is 0 Å². The van der Waals surface area contributed by atoms with Crippen molar-refractivity contribution >= 4 is 40.0 Å². The summed E-state index contributed by atoms with van der Waals surface area (Å²) in [5.41, 5.74) is 0.648. The van der Waals surface area contributed by atoms with Crippen LogP contribution in [0.3, 0.4) is 0 Å². The number of benzene rings is 2. The van der Waals surface area contributed by atoms with Crippen LogP contribution in [-0.4, -0.2) is 38.9 Å². The Kier molecular flexibility index (Phi) is 5.16. The van der Waals surface area contributed by atoms with Crippen LogP contribution in [0.25, 0.3) is 22.5 Å². The van der Waals surface area contributed by atoms with E-state index >= 15 is 0 Å². The number of aromatic nitrogens is 4. The molecule has 0 fully saturated rings. The number of fused-ring (bicyclic) bond motifs is 3. The highest BCUT2D eigenvalue weighted by atomic mass is 35.5. The van der Waals surface area contributed by atoms with Gasteiger partial charge in [0, 0.05) is 21.9 Å². The minimum Gasteiger partial charge on any atom is -0.492 e. The molecular formula is C20H16ClN5O2. The maximum absolute atomic E-state index is 12.0. The molecule has 140 valence electrons. The molecule has 0 spiro atoms. The van der Waals surface area contributed by atoms with Gasteiger partial charge in [-0.1, -0.05) is 35.9 Å². The molecule has 0 radical (unpaired) electrons. The second-order valence-corrected chi connectivity index (χ2v) is 6.39. The molecule has 1 N–H and O–H groups in total. The van der Waals surface area contributed by atoms with Gasteiger partial charge in [0.2, 0.25) is 5.91 Å². The highest BCUT2D eigenvalue weighted by Crippen LogP contribution is 2.17. The van der Waals surface area contributed by atoms with Crippen LogP contribution in [0.4, 0.5) is 0 Å². The smallest absolute Gasteiger partial charge is 0.244 e. The summed E-state index contributed by atoms with van der Waals surface area (Å²) in [6.45, 7) is 0.720. The summed E-state index contributed by atoms with van der Waals surface area (Å²) in [5.74, 6) is 0.924. The molecule has 4 rings (SSSR count). The molecule has 0 aliphatic heterocycles. The first-order valence-electron chi connectivity index (χ1n) is 8.64. The van der Waals surface area contributed by atoms with Gasteiger partial charge in [-0.05, 0) is 30.3 Å². The Morgan fingerprint density at radius 2 is 1.96 bits per heavy atom. The monoisotopic (exact) mass is 393 g/mol. The van der Waals surface area contributed by atoms with Crippen LogP contribution < -0.4 is 10.1 Å². The molecule has 2 aromatic heterocycles. The molecular weight excluding hydrogens is 378 g/mol. The van der Waals surface area contributed by atoms with Gasteiger partial charge in [0.1, 0.15) is 12.4 Å². The van der Waals surface area contributed by atoms with Gasteiger partial charge >= 0.3 is 0 Å². The Hall–Kier alpha value is -3.45. The summed E-state index contributed by atoms with van der Waals surface area (Å²) in [4.78, 5) is 12.0. The van der Waals surface area contributed by atoms with E-state index in [2.05, 4.69) is 20.6 Å². The normalized spacial score (nSPS) is 11.3. The average Bonchev–Trinajstić information content (AvgIpc) is 3.14. The summed E-state index contributed by atoms with van der Waals surface area (Å²) >= 11 is 5.82. The fourth-order valence-electron chi connectivity index (χ4n) is 2.69. The summed E-state index contributed by atoms with van der Waals surface area (Å²) in [5, 5.41) is 18.0. The third-order valence-electron chi connectivity index (χ3n) is 4.05. The van der Waals surface area contributed by atoms with Crippen molar-refractivity contribution in [1.82, 2.24) is 25.1 Å². The molecule has 0 saturated carbocycles. The number of halogens is 1. The van der Waals surface area contributed by atoms with Crippen molar-refractivity contribution in [3.8, 4) is 5.75 Å². The predicted octanol–water partition coefficient (Wildman–Crippen LogP) is 3.14. The first kappa shape index (κ1) is 17.9. The van der Waals surface area contributed by atoms with Crippen molar-refractivity contribution in [2.75, 3.05) is 13.2 Å². The summed E-state index contributed by atoms with van der Waals surface area (Å²) in [7, 11) is 0. The molecule has 8 heteroatoms. The Bertz CT molecular complexity index is 1150. The maximum Gasteiger partial charge on any atom is 0.244 e. The van der Waals surface area contributed by atoms with Gasteiger partial charge in [0.05, 0.1) is 12.7 Å². The fourth-order valence-corrected chi connectivity index (χ4v) is 2.82. The number of nitrogens with zero attached hydrogens (tertiary/aromatic N) is 4. The van der Waals surface area contributed by atoms with Gasteiger partial charge in [-0.2, -0.15) is 9.61 Å². The van der Waals surface area contributed by atoms with Crippen LogP contribution in [0, 0.1) is 0 Å². The second-order valence-electron chi connectivity index (χ2n) is 5.95. The number of amides is 1. The van der Waals surface area contributed by atoms with Crippen LogP contribution in [0.5, 0.6) is 5.75 Å². The third-order valence-corrected chi connectivity index (χ3v) is 4.30. The summed E-state index contributed by atoms with van der Waals surface area (Å²) < 4.78 is 7.13. The van der Waals surface area contributed by atoms with E-state index in [1.54, 1.807) is 41.1 Å². The first-order chi connectivity index (χ1) is 13.7. The van der Waals surface area contributed by atoms with Gasteiger partial charge in [-0.3, -0.25) is 4.79 Å². The standard InChI is InChI=1S/C20H16ClN5O2/c21-15-5-7-16(8-6-15)28-12-11-22-19(27)10-9-18-24-25-20-17-4-2-1-3-14(17)13-23-26(18)20/h1-10,13H,11-12H2,(H,22,27)/b10-9+. The van der Waals surface area contributed by atoms with Gasteiger partial charge in [0.15, 0.2) is 11.5 Å². The quantitative estimate of drug-likeness (QED) is 0.402. The van der Waals surface area contributed by atoms with E-state index < -0.39 is 0 Å². The molecule has 0 saturated heterocycles. The molecule has 4 aromatic rings. The number of nitrogens with one attached hydrogen (secondary N) is 1. The third kappa shape index (κ3) is 3.94. The molecule has 1 amide bonds. The van der Waals surface area contributed by atoms with Crippen molar-refractivity contribution < 1.29 is 9.53 Å². The van der Waals surface area contributed by atoms with Crippen molar-refractivity contribution in [1.29, 1.82) is 0 Å². The number of rotatable bonds is 6. The number of carbonyl (C=O) groups is 1. The van der Waals surface area contributed by atoms with Gasteiger partial charge in [0.25, 0.3) is 0 Å². The Labute approximate surface area is 165 Å².